The van der Waals surface area contributed by atoms with E-state index in [0.29, 0.717) is 22.3 Å². The van der Waals surface area contributed by atoms with Gasteiger partial charge in [0.2, 0.25) is 5.88 Å². The summed E-state index contributed by atoms with van der Waals surface area (Å²) in [6, 6.07) is 17.2. The van der Waals surface area contributed by atoms with Crippen molar-refractivity contribution >= 4 is 23.5 Å². The molecule has 0 atom stereocenters. The van der Waals surface area contributed by atoms with Crippen LogP contribution in [0.2, 0.25) is 5.02 Å². The van der Waals surface area contributed by atoms with E-state index in [1.165, 1.54) is 18.5 Å². The highest BCUT2D eigenvalue weighted by molar-refractivity contribution is 6.30. The third kappa shape index (κ3) is 5.96. The molecule has 0 fully saturated rings. The van der Waals surface area contributed by atoms with Gasteiger partial charge in [0.05, 0.1) is 12.7 Å². The standard InChI is InChI=1S/C24H18ClN3O5/c25-17-7-5-16(6-8-17)21-10-9-19(32-21)14-28-22(29)15-31-24(30)20-4-2-12-27-23(20)33-18-3-1-11-26-13-18/h1-13H,14-15H2,(H,28,29). The van der Waals surface area contributed by atoms with Crippen LogP contribution in [-0.4, -0.2) is 28.5 Å². The van der Waals surface area contributed by atoms with E-state index in [1.807, 2.05) is 12.1 Å². The van der Waals surface area contributed by atoms with Crippen molar-refractivity contribution in [2.45, 2.75) is 6.54 Å². The average Bonchev–Trinajstić information content (AvgIpc) is 3.32. The predicted octanol–water partition coefficient (Wildman–Crippen LogP) is 4.66. The van der Waals surface area contributed by atoms with E-state index in [4.69, 9.17) is 25.5 Å². The Morgan fingerprint density at radius 1 is 1.00 bits per heavy atom. The zero-order valence-corrected chi connectivity index (χ0v) is 18.0. The van der Waals surface area contributed by atoms with Crippen molar-refractivity contribution in [1.29, 1.82) is 0 Å². The van der Waals surface area contributed by atoms with Gasteiger partial charge in [-0.25, -0.2) is 9.78 Å². The topological polar surface area (TPSA) is 104 Å². The molecule has 1 aromatic carbocycles. The van der Waals surface area contributed by atoms with Crippen molar-refractivity contribution in [2.24, 2.45) is 0 Å². The third-order valence-electron chi connectivity index (χ3n) is 4.42. The van der Waals surface area contributed by atoms with E-state index >= 15 is 0 Å². The molecule has 0 aliphatic carbocycles. The van der Waals surface area contributed by atoms with Gasteiger partial charge in [-0.15, -0.1) is 0 Å². The Bertz CT molecular complexity index is 1240. The number of rotatable bonds is 8. The Morgan fingerprint density at radius 3 is 2.61 bits per heavy atom. The van der Waals surface area contributed by atoms with E-state index in [9.17, 15) is 9.59 Å². The van der Waals surface area contributed by atoms with Crippen LogP contribution in [0, 0.1) is 0 Å². The summed E-state index contributed by atoms with van der Waals surface area (Å²) in [5.41, 5.74) is 0.958. The molecule has 0 radical (unpaired) electrons. The lowest BCUT2D eigenvalue weighted by atomic mass is 10.2. The molecular formula is C24H18ClN3O5. The fraction of sp³-hybridized carbons (Fsp3) is 0.0833. The minimum atomic E-state index is -0.736. The molecule has 0 saturated heterocycles. The fourth-order valence-electron chi connectivity index (χ4n) is 2.83. The number of nitrogens with one attached hydrogen (secondary N) is 1. The van der Waals surface area contributed by atoms with Crippen molar-refractivity contribution in [3.8, 4) is 23.0 Å². The van der Waals surface area contributed by atoms with Crippen molar-refractivity contribution < 1.29 is 23.5 Å². The average molecular weight is 464 g/mol. The molecule has 0 aliphatic rings. The van der Waals surface area contributed by atoms with E-state index in [1.54, 1.807) is 48.7 Å². The van der Waals surface area contributed by atoms with Crippen LogP contribution in [0.3, 0.4) is 0 Å². The molecule has 3 heterocycles. The van der Waals surface area contributed by atoms with E-state index < -0.39 is 18.5 Å². The number of aromatic nitrogens is 2. The lowest BCUT2D eigenvalue weighted by Gasteiger charge is -2.09. The number of esters is 1. The van der Waals surface area contributed by atoms with Gasteiger partial charge in [-0.05, 0) is 60.7 Å². The molecule has 1 N–H and O–H groups in total. The molecule has 0 bridgehead atoms. The number of benzene rings is 1. The molecule has 4 rings (SSSR count). The first kappa shape index (κ1) is 22.0. The van der Waals surface area contributed by atoms with Crippen LogP contribution in [-0.2, 0) is 16.1 Å². The van der Waals surface area contributed by atoms with Crippen LogP contribution in [0.25, 0.3) is 11.3 Å². The zero-order valence-electron chi connectivity index (χ0n) is 17.2. The van der Waals surface area contributed by atoms with Crippen molar-refractivity contribution in [3.63, 3.8) is 0 Å². The second-order valence-corrected chi connectivity index (χ2v) is 7.21. The van der Waals surface area contributed by atoms with Crippen molar-refractivity contribution in [3.05, 3.63) is 95.6 Å². The number of hydrogen-bond donors (Lipinski definition) is 1. The summed E-state index contributed by atoms with van der Waals surface area (Å²) in [5, 5.41) is 3.28. The van der Waals surface area contributed by atoms with Gasteiger partial charge in [0, 0.05) is 23.0 Å². The number of furan rings is 1. The Balaban J connectivity index is 1.29. The Labute approximate surface area is 194 Å². The summed E-state index contributed by atoms with van der Waals surface area (Å²) in [6.45, 7) is -0.322. The maximum atomic E-state index is 12.5. The second-order valence-electron chi connectivity index (χ2n) is 6.77. The van der Waals surface area contributed by atoms with Gasteiger partial charge in [0.1, 0.15) is 22.8 Å². The van der Waals surface area contributed by atoms with E-state index in [-0.39, 0.29) is 18.0 Å². The maximum Gasteiger partial charge on any atom is 0.344 e. The molecule has 0 unspecified atom stereocenters. The molecule has 3 aromatic heterocycles. The normalized spacial score (nSPS) is 10.5. The highest BCUT2D eigenvalue weighted by Gasteiger charge is 2.17. The lowest BCUT2D eigenvalue weighted by Crippen LogP contribution is -2.28. The second kappa shape index (κ2) is 10.4. The Morgan fingerprint density at radius 2 is 1.82 bits per heavy atom. The number of carbonyl (C=O) groups excluding carboxylic acids is 2. The first-order valence-electron chi connectivity index (χ1n) is 9.90. The van der Waals surface area contributed by atoms with Crippen LogP contribution >= 0.6 is 11.6 Å². The predicted molar refractivity (Wildman–Crippen MR) is 120 cm³/mol. The van der Waals surface area contributed by atoms with Gasteiger partial charge in [-0.2, -0.15) is 0 Å². The van der Waals surface area contributed by atoms with Crippen LogP contribution in [0.5, 0.6) is 11.6 Å². The van der Waals surface area contributed by atoms with Gasteiger partial charge in [-0.3, -0.25) is 9.78 Å². The SMILES string of the molecule is O=C(COC(=O)c1cccnc1Oc1cccnc1)NCc1ccc(-c2ccc(Cl)cc2)o1. The van der Waals surface area contributed by atoms with Gasteiger partial charge in [-0.1, -0.05) is 11.6 Å². The molecule has 8 nitrogen and oxygen atoms in total. The van der Waals surface area contributed by atoms with Crippen LogP contribution in [0.4, 0.5) is 0 Å². The summed E-state index contributed by atoms with van der Waals surface area (Å²) in [7, 11) is 0. The number of ether oxygens (including phenoxy) is 2. The van der Waals surface area contributed by atoms with Gasteiger partial charge in [0.25, 0.3) is 5.91 Å². The van der Waals surface area contributed by atoms with Crippen LogP contribution in [0.1, 0.15) is 16.1 Å². The van der Waals surface area contributed by atoms with Gasteiger partial charge in [0.15, 0.2) is 6.61 Å². The Kier molecular flexibility index (Phi) is 6.96. The fourth-order valence-corrected chi connectivity index (χ4v) is 2.96. The molecule has 166 valence electrons. The van der Waals surface area contributed by atoms with Gasteiger partial charge < -0.3 is 19.2 Å². The van der Waals surface area contributed by atoms with E-state index in [0.717, 1.165) is 5.56 Å². The molecule has 0 aliphatic heterocycles. The molecule has 0 spiro atoms. The number of hydrogen-bond acceptors (Lipinski definition) is 7. The summed E-state index contributed by atoms with van der Waals surface area (Å²) in [4.78, 5) is 32.6. The largest absolute Gasteiger partial charge is 0.459 e. The monoisotopic (exact) mass is 463 g/mol. The molecular weight excluding hydrogens is 446 g/mol. The first-order chi connectivity index (χ1) is 16.1. The van der Waals surface area contributed by atoms with E-state index in [2.05, 4.69) is 15.3 Å². The number of carbonyl (C=O) groups is 2. The number of nitrogens with zero attached hydrogens (tertiary/aromatic N) is 2. The summed E-state index contributed by atoms with van der Waals surface area (Å²) < 4.78 is 16.4. The highest BCUT2D eigenvalue weighted by atomic mass is 35.5. The quantitative estimate of drug-likeness (QED) is 0.379. The molecule has 33 heavy (non-hydrogen) atoms. The molecule has 4 aromatic rings. The maximum absolute atomic E-state index is 12.5. The van der Waals surface area contributed by atoms with Crippen molar-refractivity contribution in [2.75, 3.05) is 6.61 Å². The summed E-state index contributed by atoms with van der Waals surface area (Å²) in [6.07, 6.45) is 4.57. The zero-order chi connectivity index (χ0) is 23.0. The smallest absolute Gasteiger partial charge is 0.344 e. The Hall–Kier alpha value is -4.17. The first-order valence-corrected chi connectivity index (χ1v) is 10.3. The molecule has 1 amide bonds. The summed E-state index contributed by atoms with van der Waals surface area (Å²) in [5.74, 6) is 0.464. The van der Waals surface area contributed by atoms with Crippen molar-refractivity contribution in [1.82, 2.24) is 15.3 Å². The number of amides is 1. The minimum absolute atomic E-state index is 0.0567. The third-order valence-corrected chi connectivity index (χ3v) is 4.68. The number of halogens is 1. The molecule has 0 saturated carbocycles. The van der Waals surface area contributed by atoms with Crippen LogP contribution < -0.4 is 10.1 Å². The lowest BCUT2D eigenvalue weighted by molar-refractivity contribution is -0.124. The number of pyridine rings is 2. The summed E-state index contributed by atoms with van der Waals surface area (Å²) >= 11 is 5.90. The van der Waals surface area contributed by atoms with Crippen LogP contribution in [0.15, 0.2) is 83.7 Å². The molecule has 9 heteroatoms. The minimum Gasteiger partial charge on any atom is -0.459 e. The highest BCUT2D eigenvalue weighted by Crippen LogP contribution is 2.24. The van der Waals surface area contributed by atoms with Gasteiger partial charge >= 0.3 is 5.97 Å².